The van der Waals surface area contributed by atoms with Crippen molar-refractivity contribution in [2.45, 2.75) is 58.6 Å². The van der Waals surface area contributed by atoms with Gasteiger partial charge in [0, 0.05) is 19.1 Å². The lowest BCUT2D eigenvalue weighted by atomic mass is 10.1. The van der Waals surface area contributed by atoms with E-state index in [1.807, 2.05) is 20.8 Å². The molecule has 1 rings (SSSR count). The maximum Gasteiger partial charge on any atom is 0.407 e. The predicted octanol–water partition coefficient (Wildman–Crippen LogP) is 2.39. The number of rotatable bonds is 3. The van der Waals surface area contributed by atoms with E-state index >= 15 is 0 Å². The van der Waals surface area contributed by atoms with E-state index in [1.54, 1.807) is 0 Å². The molecule has 0 aliphatic carbocycles. The molecule has 4 nitrogen and oxygen atoms in total. The Bertz CT molecular complexity index is 240. The molecule has 0 radical (unpaired) electrons. The molecule has 1 heterocycles. The van der Waals surface area contributed by atoms with Gasteiger partial charge in [0.2, 0.25) is 0 Å². The minimum absolute atomic E-state index is 0.276. The Balaban J connectivity index is 2.24. The average molecular weight is 242 g/mol. The van der Waals surface area contributed by atoms with Gasteiger partial charge in [0.1, 0.15) is 5.60 Å². The van der Waals surface area contributed by atoms with Crippen LogP contribution in [0.3, 0.4) is 0 Å². The predicted molar refractivity (Wildman–Crippen MR) is 69.1 cm³/mol. The van der Waals surface area contributed by atoms with Gasteiger partial charge in [-0.1, -0.05) is 6.92 Å². The molecule has 4 heteroatoms. The number of hydrogen-bond acceptors (Lipinski definition) is 3. The van der Waals surface area contributed by atoms with Crippen LogP contribution in [0.4, 0.5) is 4.79 Å². The number of ether oxygens (including phenoxy) is 1. The number of carbonyl (C=O) groups excluding carboxylic acids is 1. The van der Waals surface area contributed by atoms with Crippen LogP contribution in [0.5, 0.6) is 0 Å². The highest BCUT2D eigenvalue weighted by atomic mass is 16.6. The Morgan fingerprint density at radius 2 is 1.94 bits per heavy atom. The van der Waals surface area contributed by atoms with E-state index in [1.165, 1.54) is 13.0 Å². The normalized spacial score (nSPS) is 19.1. The van der Waals surface area contributed by atoms with Gasteiger partial charge in [0.25, 0.3) is 0 Å². The highest BCUT2D eigenvalue weighted by Gasteiger charge is 2.22. The Morgan fingerprint density at radius 1 is 1.35 bits per heavy atom. The third-order valence-electron chi connectivity index (χ3n) is 2.85. The van der Waals surface area contributed by atoms with Crippen LogP contribution in [-0.2, 0) is 4.74 Å². The first-order valence-electron chi connectivity index (χ1n) is 6.62. The first kappa shape index (κ1) is 14.3. The van der Waals surface area contributed by atoms with Crippen molar-refractivity contribution in [3.05, 3.63) is 0 Å². The van der Waals surface area contributed by atoms with Gasteiger partial charge in [0.15, 0.2) is 0 Å². The molecule has 17 heavy (non-hydrogen) atoms. The van der Waals surface area contributed by atoms with Crippen LogP contribution in [0, 0.1) is 0 Å². The van der Waals surface area contributed by atoms with E-state index in [-0.39, 0.29) is 12.1 Å². The Hall–Kier alpha value is -0.770. The van der Waals surface area contributed by atoms with Gasteiger partial charge in [0.05, 0.1) is 0 Å². The molecular formula is C13H26N2O2. The lowest BCUT2D eigenvalue weighted by Gasteiger charge is -2.32. The molecule has 1 saturated heterocycles. The molecule has 0 bridgehead atoms. The Labute approximate surface area is 105 Å². The fourth-order valence-corrected chi connectivity index (χ4v) is 2.09. The first-order chi connectivity index (χ1) is 7.90. The van der Waals surface area contributed by atoms with Crippen LogP contribution in [0.15, 0.2) is 0 Å². The van der Waals surface area contributed by atoms with Crippen molar-refractivity contribution in [2.24, 2.45) is 0 Å². The van der Waals surface area contributed by atoms with Gasteiger partial charge in [-0.2, -0.15) is 0 Å². The first-order valence-corrected chi connectivity index (χ1v) is 6.62. The van der Waals surface area contributed by atoms with Crippen molar-refractivity contribution in [1.29, 1.82) is 0 Å². The van der Waals surface area contributed by atoms with Crippen LogP contribution in [0.2, 0.25) is 0 Å². The number of alkyl carbamates (subject to hydrolysis) is 1. The summed E-state index contributed by atoms with van der Waals surface area (Å²) in [6, 6.07) is 0.276. The van der Waals surface area contributed by atoms with E-state index in [0.29, 0.717) is 0 Å². The molecule has 0 spiro atoms. The maximum atomic E-state index is 11.6. The highest BCUT2D eigenvalue weighted by Crippen LogP contribution is 2.12. The fourth-order valence-electron chi connectivity index (χ4n) is 2.09. The van der Waals surface area contributed by atoms with Gasteiger partial charge in [-0.05, 0) is 46.6 Å². The number of likely N-dealkylation sites (tertiary alicyclic amines) is 1. The van der Waals surface area contributed by atoms with Crippen molar-refractivity contribution in [3.63, 3.8) is 0 Å². The number of amides is 1. The number of nitrogens with one attached hydrogen (secondary N) is 1. The van der Waals surface area contributed by atoms with Crippen LogP contribution in [0.1, 0.15) is 47.0 Å². The topological polar surface area (TPSA) is 41.6 Å². The molecule has 0 aromatic carbocycles. The summed E-state index contributed by atoms with van der Waals surface area (Å²) in [4.78, 5) is 14.0. The molecule has 0 aromatic heterocycles. The third kappa shape index (κ3) is 5.91. The Kier molecular flexibility index (Phi) is 5.25. The summed E-state index contributed by atoms with van der Waals surface area (Å²) in [5.41, 5.74) is -0.410. The molecule has 1 aliphatic rings. The molecule has 0 atom stereocenters. The second-order valence-electron chi connectivity index (χ2n) is 5.76. The lowest BCUT2D eigenvalue weighted by molar-refractivity contribution is 0.0479. The third-order valence-corrected chi connectivity index (χ3v) is 2.85. The summed E-state index contributed by atoms with van der Waals surface area (Å²) < 4.78 is 5.25. The van der Waals surface area contributed by atoms with Crippen molar-refractivity contribution >= 4 is 6.09 Å². The van der Waals surface area contributed by atoms with E-state index in [0.717, 1.165) is 25.9 Å². The van der Waals surface area contributed by atoms with E-state index in [2.05, 4.69) is 17.1 Å². The molecular weight excluding hydrogens is 216 g/mol. The molecule has 100 valence electrons. The number of carbonyl (C=O) groups is 1. The largest absolute Gasteiger partial charge is 0.444 e. The number of nitrogens with zero attached hydrogens (tertiary/aromatic N) is 1. The van der Waals surface area contributed by atoms with Gasteiger partial charge >= 0.3 is 6.09 Å². The number of hydrogen-bond donors (Lipinski definition) is 1. The van der Waals surface area contributed by atoms with Crippen LogP contribution in [-0.4, -0.2) is 42.3 Å². The standard InChI is InChI=1S/C13H26N2O2/c1-5-8-15-9-6-11(7-10-15)14-12(16)17-13(2,3)4/h11H,5-10H2,1-4H3,(H,14,16). The quantitative estimate of drug-likeness (QED) is 0.826. The summed E-state index contributed by atoms with van der Waals surface area (Å²) in [6.07, 6.45) is 2.97. The van der Waals surface area contributed by atoms with Crippen molar-refractivity contribution in [3.8, 4) is 0 Å². The summed E-state index contributed by atoms with van der Waals surface area (Å²) in [5.74, 6) is 0. The van der Waals surface area contributed by atoms with Gasteiger partial charge in [-0.3, -0.25) is 0 Å². The van der Waals surface area contributed by atoms with Crippen LogP contribution < -0.4 is 5.32 Å². The molecule has 1 fully saturated rings. The summed E-state index contributed by atoms with van der Waals surface area (Å²) in [5, 5.41) is 2.95. The van der Waals surface area contributed by atoms with Crippen molar-refractivity contribution in [2.75, 3.05) is 19.6 Å². The summed E-state index contributed by atoms with van der Waals surface area (Å²) in [6.45, 7) is 11.2. The SMILES string of the molecule is CCCN1CCC(NC(=O)OC(C)(C)C)CC1. The van der Waals surface area contributed by atoms with E-state index < -0.39 is 5.60 Å². The van der Waals surface area contributed by atoms with Crippen LogP contribution >= 0.6 is 0 Å². The second-order valence-corrected chi connectivity index (χ2v) is 5.76. The summed E-state index contributed by atoms with van der Waals surface area (Å²) in [7, 11) is 0. The number of piperidine rings is 1. The highest BCUT2D eigenvalue weighted by molar-refractivity contribution is 5.68. The fraction of sp³-hybridized carbons (Fsp3) is 0.923. The molecule has 1 amide bonds. The lowest BCUT2D eigenvalue weighted by Crippen LogP contribution is -2.46. The second kappa shape index (κ2) is 6.24. The van der Waals surface area contributed by atoms with Gasteiger partial charge < -0.3 is 15.0 Å². The average Bonchev–Trinajstić information content (AvgIpc) is 2.18. The molecule has 0 unspecified atom stereocenters. The minimum Gasteiger partial charge on any atom is -0.444 e. The van der Waals surface area contributed by atoms with Crippen LogP contribution in [0.25, 0.3) is 0 Å². The minimum atomic E-state index is -0.410. The zero-order chi connectivity index (χ0) is 12.9. The molecule has 0 saturated carbocycles. The summed E-state index contributed by atoms with van der Waals surface area (Å²) >= 11 is 0. The molecule has 1 aliphatic heterocycles. The Morgan fingerprint density at radius 3 is 2.41 bits per heavy atom. The molecule has 0 aromatic rings. The van der Waals surface area contributed by atoms with E-state index in [9.17, 15) is 4.79 Å². The van der Waals surface area contributed by atoms with Gasteiger partial charge in [-0.25, -0.2) is 4.79 Å². The van der Waals surface area contributed by atoms with Crippen molar-refractivity contribution < 1.29 is 9.53 Å². The van der Waals surface area contributed by atoms with Crippen molar-refractivity contribution in [1.82, 2.24) is 10.2 Å². The zero-order valence-corrected chi connectivity index (χ0v) is 11.6. The zero-order valence-electron chi connectivity index (χ0n) is 11.6. The maximum absolute atomic E-state index is 11.6. The smallest absolute Gasteiger partial charge is 0.407 e. The monoisotopic (exact) mass is 242 g/mol. The molecule has 1 N–H and O–H groups in total. The van der Waals surface area contributed by atoms with E-state index in [4.69, 9.17) is 4.74 Å². The van der Waals surface area contributed by atoms with Gasteiger partial charge in [-0.15, -0.1) is 0 Å².